The summed E-state index contributed by atoms with van der Waals surface area (Å²) in [6.07, 6.45) is 0.0864. The highest BCUT2D eigenvalue weighted by atomic mass is 32.1. The van der Waals surface area contributed by atoms with Gasteiger partial charge in [-0.25, -0.2) is 4.79 Å². The number of aromatic nitrogens is 1. The molecule has 336 valence electrons. The standard InChI is InChI=1S/C37H56N12O11S/c1-18(2)12-25(35(58)49-27(17-61)36(59)60)45-29(51)16-44-32(55)26(13-19-15-43-22-7-4-3-6-20(19)22)48-34(57)24(9-10-28(39)50)47-33(56)23(8-5-11-42-37(40)41)46-31(54)21(38)14-30(52)53/h3-4,6-7,15,18,21,23-27,43,61H,5,8-14,16-17,38H2,1-2H3,(H2,39,50)(H,44,55)(H,45,51)(H,46,54)(H,47,56)(H,48,57)(H,49,58)(H,52,53)(H,59,60)(H4,40,41,42)/t21-,23-,24-,25-,26-,27-/m0/s1. The molecule has 0 radical (unpaired) electrons. The maximum atomic E-state index is 14.0. The number of carbonyl (C=O) groups excluding carboxylic acids is 7. The second-order valence-corrected chi connectivity index (χ2v) is 14.8. The second-order valence-electron chi connectivity index (χ2n) is 14.5. The fourth-order valence-electron chi connectivity index (χ4n) is 5.86. The molecule has 0 aliphatic carbocycles. The first-order valence-electron chi connectivity index (χ1n) is 19.2. The van der Waals surface area contributed by atoms with Gasteiger partial charge >= 0.3 is 11.9 Å². The summed E-state index contributed by atoms with van der Waals surface area (Å²) < 4.78 is 0. The smallest absolute Gasteiger partial charge is 0.327 e. The number of H-pyrrole nitrogens is 1. The average molecular weight is 877 g/mol. The van der Waals surface area contributed by atoms with Crippen molar-refractivity contribution in [3.8, 4) is 0 Å². The van der Waals surface area contributed by atoms with Crippen LogP contribution in [0.4, 0.5) is 0 Å². The summed E-state index contributed by atoms with van der Waals surface area (Å²) in [4.78, 5) is 122. The summed E-state index contributed by atoms with van der Waals surface area (Å²) in [6.45, 7) is 2.91. The SMILES string of the molecule is CC(C)C[C@H](NC(=O)CNC(=O)[C@H](Cc1c[nH]c2ccccc12)NC(=O)[C@H](CCC(N)=O)NC(=O)[C@H](CCCN=C(N)N)NC(=O)[C@@H](N)CC(=O)O)C(=O)N[C@@H](CS)C(=O)O. The van der Waals surface area contributed by atoms with E-state index in [4.69, 9.17) is 28.0 Å². The van der Waals surface area contributed by atoms with Gasteiger partial charge in [0.2, 0.25) is 41.4 Å². The van der Waals surface area contributed by atoms with Crippen LogP contribution in [0, 0.1) is 5.92 Å². The van der Waals surface area contributed by atoms with Gasteiger partial charge in [-0.15, -0.1) is 0 Å². The predicted molar refractivity (Wildman–Crippen MR) is 224 cm³/mol. The molecule has 6 atom stereocenters. The molecule has 1 heterocycles. The summed E-state index contributed by atoms with van der Waals surface area (Å²) in [6, 6.07) is -1.29. The lowest BCUT2D eigenvalue weighted by Crippen LogP contribution is -2.58. The molecule has 2 aromatic rings. The summed E-state index contributed by atoms with van der Waals surface area (Å²) in [5.74, 6) is -9.43. The summed E-state index contributed by atoms with van der Waals surface area (Å²) in [5.41, 5.74) is 23.1. The van der Waals surface area contributed by atoms with Crippen LogP contribution in [0.15, 0.2) is 35.5 Å². The van der Waals surface area contributed by atoms with Crippen molar-refractivity contribution in [2.75, 3.05) is 18.8 Å². The Kier molecular flexibility index (Phi) is 21.0. The van der Waals surface area contributed by atoms with Crippen LogP contribution in [0.5, 0.6) is 0 Å². The van der Waals surface area contributed by atoms with Crippen molar-refractivity contribution < 1.29 is 53.4 Å². The number of carboxylic acids is 2. The number of aromatic amines is 1. The number of benzene rings is 1. The van der Waals surface area contributed by atoms with Gasteiger partial charge in [-0.1, -0.05) is 32.0 Å². The van der Waals surface area contributed by atoms with Crippen molar-refractivity contribution in [3.05, 3.63) is 36.0 Å². The van der Waals surface area contributed by atoms with Crippen molar-refractivity contribution in [3.63, 3.8) is 0 Å². The molecule has 7 amide bonds. The van der Waals surface area contributed by atoms with Gasteiger partial charge in [0.05, 0.1) is 19.0 Å². The molecule has 0 aliphatic rings. The highest BCUT2D eigenvalue weighted by Gasteiger charge is 2.32. The van der Waals surface area contributed by atoms with Crippen LogP contribution in [0.25, 0.3) is 10.9 Å². The summed E-state index contributed by atoms with van der Waals surface area (Å²) >= 11 is 3.94. The monoisotopic (exact) mass is 876 g/mol. The van der Waals surface area contributed by atoms with E-state index >= 15 is 0 Å². The number of aliphatic carboxylic acids is 2. The van der Waals surface area contributed by atoms with Gasteiger partial charge in [-0.3, -0.25) is 43.3 Å². The van der Waals surface area contributed by atoms with Gasteiger partial charge in [-0.05, 0) is 43.2 Å². The van der Waals surface area contributed by atoms with Crippen molar-refractivity contribution in [2.45, 2.75) is 95.0 Å². The lowest BCUT2D eigenvalue weighted by atomic mass is 10.0. The highest BCUT2D eigenvalue weighted by molar-refractivity contribution is 7.80. The van der Waals surface area contributed by atoms with Crippen LogP contribution in [0.1, 0.15) is 57.9 Å². The summed E-state index contributed by atoms with van der Waals surface area (Å²) in [7, 11) is 0. The molecule has 0 spiro atoms. The minimum atomic E-state index is -1.54. The number of nitrogens with one attached hydrogen (secondary N) is 7. The fourth-order valence-corrected chi connectivity index (χ4v) is 6.11. The quantitative estimate of drug-likeness (QED) is 0.0179. The third kappa shape index (κ3) is 18.2. The Balaban J connectivity index is 2.38. The number of primary amides is 1. The zero-order valence-electron chi connectivity index (χ0n) is 33.8. The van der Waals surface area contributed by atoms with E-state index in [2.05, 4.69) is 54.5 Å². The second kappa shape index (κ2) is 25.3. The molecule has 0 saturated carbocycles. The van der Waals surface area contributed by atoms with Crippen LogP contribution in [0.3, 0.4) is 0 Å². The van der Waals surface area contributed by atoms with E-state index in [0.29, 0.717) is 16.5 Å². The molecule has 0 bridgehead atoms. The normalized spacial score (nSPS) is 13.9. The van der Waals surface area contributed by atoms with Crippen LogP contribution in [0.2, 0.25) is 0 Å². The molecule has 0 aliphatic heterocycles. The average Bonchev–Trinajstić information content (AvgIpc) is 3.59. The molecule has 0 saturated heterocycles. The van der Waals surface area contributed by atoms with E-state index in [-0.39, 0.29) is 56.3 Å². The first kappa shape index (κ1) is 50.7. The number of aliphatic imine (C=N–C) groups is 1. The van der Waals surface area contributed by atoms with Gasteiger partial charge < -0.3 is 70.0 Å². The predicted octanol–water partition coefficient (Wildman–Crippen LogP) is -3.57. The van der Waals surface area contributed by atoms with Gasteiger partial charge in [0, 0.05) is 42.2 Å². The number of hydrogen-bond donors (Lipinski definition) is 14. The molecular formula is C37H56N12O11S. The first-order chi connectivity index (χ1) is 28.7. The van der Waals surface area contributed by atoms with Crippen LogP contribution in [-0.4, -0.2) is 130 Å². The molecule has 0 unspecified atom stereocenters. The van der Waals surface area contributed by atoms with E-state index < -0.39 is 109 Å². The van der Waals surface area contributed by atoms with E-state index in [1.807, 2.05) is 0 Å². The molecule has 1 aromatic heterocycles. The van der Waals surface area contributed by atoms with E-state index in [9.17, 15) is 48.3 Å². The largest absolute Gasteiger partial charge is 0.481 e. The molecule has 61 heavy (non-hydrogen) atoms. The number of nitrogens with zero attached hydrogens (tertiary/aromatic N) is 1. The van der Waals surface area contributed by atoms with Crippen LogP contribution in [-0.2, 0) is 49.6 Å². The van der Waals surface area contributed by atoms with E-state index in [1.54, 1.807) is 44.3 Å². The minimum absolute atomic E-state index is 0.0320. The van der Waals surface area contributed by atoms with Crippen molar-refractivity contribution in [1.82, 2.24) is 36.9 Å². The third-order valence-corrected chi connectivity index (χ3v) is 9.30. The Labute approximate surface area is 356 Å². The lowest BCUT2D eigenvalue weighted by Gasteiger charge is -2.26. The Morgan fingerprint density at radius 2 is 1.36 bits per heavy atom. The van der Waals surface area contributed by atoms with Gasteiger partial charge in [0.15, 0.2) is 5.96 Å². The number of rotatable bonds is 27. The fraction of sp³-hybridized carbons (Fsp3) is 0.514. The lowest BCUT2D eigenvalue weighted by molar-refractivity contribution is -0.141. The number of carbonyl (C=O) groups is 9. The number of carboxylic acid groups (broad SMARTS) is 2. The number of thiol groups is 1. The van der Waals surface area contributed by atoms with Crippen LogP contribution >= 0.6 is 12.6 Å². The number of amides is 7. The molecule has 1 aromatic carbocycles. The van der Waals surface area contributed by atoms with Crippen LogP contribution < -0.4 is 54.8 Å². The highest BCUT2D eigenvalue weighted by Crippen LogP contribution is 2.19. The summed E-state index contributed by atoms with van der Waals surface area (Å²) in [5, 5.41) is 33.8. The van der Waals surface area contributed by atoms with E-state index in [1.165, 1.54) is 0 Å². The Morgan fingerprint density at radius 1 is 0.770 bits per heavy atom. The zero-order chi connectivity index (χ0) is 45.8. The number of hydrogen-bond acceptors (Lipinski definition) is 12. The number of para-hydroxylation sites is 1. The first-order valence-corrected chi connectivity index (χ1v) is 19.8. The van der Waals surface area contributed by atoms with Gasteiger partial charge in [0.1, 0.15) is 30.2 Å². The number of nitrogens with two attached hydrogens (primary N) is 4. The minimum Gasteiger partial charge on any atom is -0.481 e. The zero-order valence-corrected chi connectivity index (χ0v) is 34.7. The maximum absolute atomic E-state index is 14.0. The molecule has 0 fully saturated rings. The van der Waals surface area contributed by atoms with Crippen molar-refractivity contribution in [2.24, 2.45) is 33.8 Å². The molecule has 24 heteroatoms. The van der Waals surface area contributed by atoms with Gasteiger partial charge in [-0.2, -0.15) is 12.6 Å². The Bertz CT molecular complexity index is 1920. The molecule has 23 nitrogen and oxygen atoms in total. The topological polar surface area (TPSA) is 398 Å². The molecule has 2 rings (SSSR count). The Hall–Kier alpha value is -6.43. The molecular weight excluding hydrogens is 821 g/mol. The van der Waals surface area contributed by atoms with E-state index in [0.717, 1.165) is 0 Å². The van der Waals surface area contributed by atoms with Gasteiger partial charge in [0.25, 0.3) is 0 Å². The Morgan fingerprint density at radius 3 is 1.95 bits per heavy atom. The maximum Gasteiger partial charge on any atom is 0.327 e. The van der Waals surface area contributed by atoms with Crippen molar-refractivity contribution >= 4 is 82.8 Å². The third-order valence-electron chi connectivity index (χ3n) is 8.93. The number of guanidine groups is 1. The molecule has 17 N–H and O–H groups in total. The van der Waals surface area contributed by atoms with Crippen molar-refractivity contribution in [1.29, 1.82) is 0 Å². The number of fused-ring (bicyclic) bond motifs is 1.